The number of rotatable bonds is 5. The molecule has 1 aromatic carbocycles. The van der Waals surface area contributed by atoms with Gasteiger partial charge in [-0.1, -0.05) is 30.3 Å². The highest BCUT2D eigenvalue weighted by Gasteiger charge is 2.69. The van der Waals surface area contributed by atoms with E-state index in [0.29, 0.717) is 16.1 Å². The standard InChI is InChI=1S/C23H20N4O6S2/c1-13-12-35-22(34)27(13)33-21(30)15-11-31-17-9-23(17)24-25-8-7-16(28)19(18(25)20(29)26(15)23)32-10-14-5-3-2-4-6-14/h2-8,12,15,17,24H,9-11H2,1H3/t15-,17+,23-/m0/s1. The quantitative estimate of drug-likeness (QED) is 0.517. The van der Waals surface area contributed by atoms with Gasteiger partial charge < -0.3 is 14.3 Å². The molecule has 0 unspecified atom stereocenters. The summed E-state index contributed by atoms with van der Waals surface area (Å²) >= 11 is 6.51. The molecular formula is C23H20N4O6S2. The normalized spacial score (nSPS) is 24.0. The van der Waals surface area contributed by atoms with E-state index < -0.39 is 29.0 Å². The monoisotopic (exact) mass is 512 g/mol. The summed E-state index contributed by atoms with van der Waals surface area (Å²) in [5.74, 6) is -1.28. The number of morpholine rings is 1. The summed E-state index contributed by atoms with van der Waals surface area (Å²) in [6.07, 6.45) is 1.69. The first kappa shape index (κ1) is 22.0. The van der Waals surface area contributed by atoms with Crippen LogP contribution in [0.2, 0.25) is 0 Å². The maximum atomic E-state index is 13.9. The molecule has 1 saturated heterocycles. The van der Waals surface area contributed by atoms with Gasteiger partial charge in [0.25, 0.3) is 5.91 Å². The highest BCUT2D eigenvalue weighted by atomic mass is 32.1. The molecule has 1 N–H and O–H groups in total. The van der Waals surface area contributed by atoms with Crippen LogP contribution < -0.4 is 20.4 Å². The fraction of sp³-hybridized carbons (Fsp3) is 0.304. The summed E-state index contributed by atoms with van der Waals surface area (Å²) in [5, 5.41) is 1.78. The Bertz CT molecular complexity index is 1460. The van der Waals surface area contributed by atoms with E-state index in [1.54, 1.807) is 12.3 Å². The van der Waals surface area contributed by atoms with Crippen LogP contribution in [0.3, 0.4) is 0 Å². The summed E-state index contributed by atoms with van der Waals surface area (Å²) in [5.41, 5.74) is 3.45. The Morgan fingerprint density at radius 1 is 1.29 bits per heavy atom. The van der Waals surface area contributed by atoms with Crippen molar-refractivity contribution in [2.24, 2.45) is 0 Å². The molecule has 1 amide bonds. The number of carbonyl (C=O) groups excluding carboxylic acids is 2. The number of amides is 1. The fourth-order valence-electron chi connectivity index (χ4n) is 4.54. The van der Waals surface area contributed by atoms with Gasteiger partial charge in [-0.2, -0.15) is 4.73 Å². The van der Waals surface area contributed by atoms with Gasteiger partial charge in [0.05, 0.1) is 12.3 Å². The van der Waals surface area contributed by atoms with Gasteiger partial charge in [0.2, 0.25) is 5.43 Å². The number of carbonyl (C=O) groups is 2. The van der Waals surface area contributed by atoms with Crippen LogP contribution in [-0.2, 0) is 16.1 Å². The summed E-state index contributed by atoms with van der Waals surface area (Å²) in [6.45, 7) is 1.84. The third kappa shape index (κ3) is 3.48. The SMILES string of the molecule is Cc1csc(=S)n1OC(=O)[C@@H]1CO[C@@H]2C[C@@]23Nn2ccc(=O)c(OCc4ccccc4)c2C(=O)N13. The molecule has 2 aliphatic heterocycles. The Morgan fingerprint density at radius 3 is 2.83 bits per heavy atom. The lowest BCUT2D eigenvalue weighted by Crippen LogP contribution is -2.67. The van der Waals surface area contributed by atoms with Crippen molar-refractivity contribution >= 4 is 35.4 Å². The molecule has 180 valence electrons. The lowest BCUT2D eigenvalue weighted by atomic mass is 10.1. The predicted molar refractivity (Wildman–Crippen MR) is 127 cm³/mol. The van der Waals surface area contributed by atoms with Gasteiger partial charge in [-0.25, -0.2) is 4.79 Å². The largest absolute Gasteiger partial charge is 0.482 e. The zero-order valence-electron chi connectivity index (χ0n) is 18.5. The minimum absolute atomic E-state index is 0.0210. The third-order valence-electron chi connectivity index (χ3n) is 6.35. The maximum absolute atomic E-state index is 13.9. The van der Waals surface area contributed by atoms with E-state index in [0.717, 1.165) is 5.56 Å². The number of aromatic nitrogens is 2. The van der Waals surface area contributed by atoms with E-state index in [4.69, 9.17) is 26.5 Å². The molecule has 1 aliphatic carbocycles. The first-order chi connectivity index (χ1) is 16.9. The van der Waals surface area contributed by atoms with Gasteiger partial charge in [-0.3, -0.25) is 24.6 Å². The van der Waals surface area contributed by atoms with Crippen molar-refractivity contribution in [3.05, 3.63) is 79.1 Å². The molecule has 1 saturated carbocycles. The lowest BCUT2D eigenvalue weighted by molar-refractivity contribution is -0.158. The Balaban J connectivity index is 1.35. The number of nitrogens with one attached hydrogen (secondary N) is 1. The van der Waals surface area contributed by atoms with Crippen molar-refractivity contribution in [2.45, 2.75) is 37.8 Å². The third-order valence-corrected chi connectivity index (χ3v) is 7.63. The van der Waals surface area contributed by atoms with Crippen LogP contribution in [0, 0.1) is 10.9 Å². The number of ether oxygens (including phenoxy) is 2. The van der Waals surface area contributed by atoms with E-state index in [1.165, 1.54) is 37.9 Å². The lowest BCUT2D eigenvalue weighted by Gasteiger charge is -2.45. The van der Waals surface area contributed by atoms with E-state index in [2.05, 4.69) is 5.43 Å². The van der Waals surface area contributed by atoms with Crippen molar-refractivity contribution < 1.29 is 23.9 Å². The van der Waals surface area contributed by atoms with Crippen molar-refractivity contribution in [3.8, 4) is 5.75 Å². The minimum atomic E-state index is -1.04. The van der Waals surface area contributed by atoms with E-state index in [-0.39, 0.29) is 30.8 Å². The fourth-order valence-corrected chi connectivity index (χ4v) is 5.51. The molecule has 12 heteroatoms. The minimum Gasteiger partial charge on any atom is -0.482 e. The second-order valence-electron chi connectivity index (χ2n) is 8.60. The smallest absolute Gasteiger partial charge is 0.357 e. The second-order valence-corrected chi connectivity index (χ2v) is 10.1. The molecule has 0 bridgehead atoms. The first-order valence-electron chi connectivity index (χ1n) is 10.9. The van der Waals surface area contributed by atoms with Crippen molar-refractivity contribution in [2.75, 3.05) is 12.0 Å². The zero-order chi connectivity index (χ0) is 24.3. The number of benzene rings is 1. The van der Waals surface area contributed by atoms with Gasteiger partial charge >= 0.3 is 5.97 Å². The average molecular weight is 513 g/mol. The zero-order valence-corrected chi connectivity index (χ0v) is 20.1. The molecular weight excluding hydrogens is 492 g/mol. The number of thiazole rings is 1. The van der Waals surface area contributed by atoms with Crippen LogP contribution in [0.1, 0.15) is 28.2 Å². The summed E-state index contributed by atoms with van der Waals surface area (Å²) in [7, 11) is 0. The predicted octanol–water partition coefficient (Wildman–Crippen LogP) is 1.85. The van der Waals surface area contributed by atoms with Crippen molar-refractivity contribution in [1.29, 1.82) is 0 Å². The van der Waals surface area contributed by atoms with Crippen molar-refractivity contribution in [1.82, 2.24) is 14.3 Å². The summed E-state index contributed by atoms with van der Waals surface area (Å²) in [6, 6.07) is 9.63. The molecule has 6 rings (SSSR count). The summed E-state index contributed by atoms with van der Waals surface area (Å²) in [4.78, 5) is 46.8. The number of pyridine rings is 1. The number of aryl methyl sites for hydroxylation is 1. The van der Waals surface area contributed by atoms with Gasteiger partial charge in [0.15, 0.2) is 27.1 Å². The molecule has 2 aromatic heterocycles. The molecule has 1 spiro atoms. The van der Waals surface area contributed by atoms with E-state index in [9.17, 15) is 14.4 Å². The van der Waals surface area contributed by atoms with Crippen LogP contribution in [-0.4, -0.2) is 50.6 Å². The molecule has 0 radical (unpaired) electrons. The van der Waals surface area contributed by atoms with Crippen LogP contribution >= 0.6 is 23.6 Å². The molecule has 35 heavy (non-hydrogen) atoms. The summed E-state index contributed by atoms with van der Waals surface area (Å²) < 4.78 is 14.8. The molecule has 3 aromatic rings. The Hall–Kier alpha value is -3.48. The Morgan fingerprint density at radius 2 is 2.09 bits per heavy atom. The number of hydrogen-bond acceptors (Lipinski definition) is 9. The van der Waals surface area contributed by atoms with Gasteiger partial charge in [0.1, 0.15) is 12.7 Å². The Labute approximate surface area is 208 Å². The highest BCUT2D eigenvalue weighted by Crippen LogP contribution is 2.50. The van der Waals surface area contributed by atoms with Crippen molar-refractivity contribution in [3.63, 3.8) is 0 Å². The molecule has 3 aliphatic rings. The second kappa shape index (κ2) is 8.04. The molecule has 2 fully saturated rings. The van der Waals surface area contributed by atoms with Crippen LogP contribution in [0.25, 0.3) is 0 Å². The van der Waals surface area contributed by atoms with Gasteiger partial charge in [-0.15, -0.1) is 11.3 Å². The first-order valence-corrected chi connectivity index (χ1v) is 12.2. The average Bonchev–Trinajstić information content (AvgIpc) is 3.49. The number of fused-ring (bicyclic) bond motifs is 1. The van der Waals surface area contributed by atoms with Crippen LogP contribution in [0.15, 0.2) is 52.8 Å². The topological polar surface area (TPSA) is 104 Å². The van der Waals surface area contributed by atoms with Gasteiger partial charge in [0, 0.05) is 24.1 Å². The van der Waals surface area contributed by atoms with Gasteiger partial charge in [-0.05, 0) is 24.7 Å². The van der Waals surface area contributed by atoms with E-state index >= 15 is 0 Å². The number of hydrogen-bond donors (Lipinski definition) is 1. The van der Waals surface area contributed by atoms with E-state index in [1.807, 2.05) is 30.3 Å². The maximum Gasteiger partial charge on any atom is 0.357 e. The van der Waals surface area contributed by atoms with Crippen LogP contribution in [0.5, 0.6) is 5.75 Å². The number of nitrogens with zero attached hydrogens (tertiary/aromatic N) is 3. The van der Waals surface area contributed by atoms with Crippen LogP contribution in [0.4, 0.5) is 0 Å². The molecule has 3 atom stereocenters. The highest BCUT2D eigenvalue weighted by molar-refractivity contribution is 7.73. The molecule has 10 nitrogen and oxygen atoms in total. The molecule has 4 heterocycles. The Kier molecular flexibility index (Phi) is 5.06.